The number of nitrogens with zero attached hydrogens (tertiary/aromatic N) is 4. The minimum atomic E-state index is -0.202. The van der Waals surface area contributed by atoms with Crippen molar-refractivity contribution in [2.75, 3.05) is 16.5 Å². The Kier molecular flexibility index (Phi) is 15.1. The summed E-state index contributed by atoms with van der Waals surface area (Å²) in [6.45, 7) is 44.5. The molecule has 9 aromatic carbocycles. The maximum absolute atomic E-state index is 9.10. The van der Waals surface area contributed by atoms with Gasteiger partial charge >= 0.3 is 0 Å². The van der Waals surface area contributed by atoms with Crippen molar-refractivity contribution in [2.45, 2.75) is 170 Å². The Morgan fingerprint density at radius 2 is 0.978 bits per heavy atom. The van der Waals surface area contributed by atoms with Crippen molar-refractivity contribution in [1.82, 2.24) is 9.55 Å². The first-order valence-corrected chi connectivity index (χ1v) is 34.1. The molecule has 0 unspecified atom stereocenters. The second-order valence-electron chi connectivity index (χ2n) is 31.8. The Labute approximate surface area is 553 Å². The van der Waals surface area contributed by atoms with Crippen molar-refractivity contribution in [3.8, 4) is 50.7 Å². The summed E-state index contributed by atoms with van der Waals surface area (Å²) in [7, 11) is 0. The van der Waals surface area contributed by atoms with Gasteiger partial charge in [0.25, 0.3) is 0 Å². The Hall–Kier alpha value is -8.45. The van der Waals surface area contributed by atoms with Crippen LogP contribution in [-0.2, 0) is 27.1 Å². The van der Waals surface area contributed by atoms with Crippen molar-refractivity contribution < 1.29 is 6.11 Å². The van der Waals surface area contributed by atoms with Gasteiger partial charge in [0, 0.05) is 66.1 Å². The lowest BCUT2D eigenvalue weighted by Gasteiger charge is -2.31. The number of fused-ring (bicyclic) bond motifs is 8. The molecule has 0 saturated carbocycles. The highest BCUT2D eigenvalue weighted by atomic mass is 32.1. The van der Waals surface area contributed by atoms with E-state index in [9.17, 15) is 0 Å². The first-order chi connectivity index (χ1) is 43.8. The van der Waals surface area contributed by atoms with Crippen LogP contribution in [0.5, 0.6) is 11.5 Å². The smallest absolute Gasteiger partial charge is 0.137 e. The molecular weight excluding hydrogens is 1140 g/mol. The average Bonchev–Trinajstić information content (AvgIpc) is 1.59. The average molecular weight is 1230 g/mol. The molecule has 0 amide bonds. The largest absolute Gasteiger partial charge is 0.457 e. The van der Waals surface area contributed by atoms with E-state index in [1.54, 1.807) is 0 Å². The predicted octanol–water partition coefficient (Wildman–Crippen LogP) is 25.3. The number of aromatic nitrogens is 2. The normalized spacial score (nSPS) is 13.6. The van der Waals surface area contributed by atoms with Gasteiger partial charge in [0.15, 0.2) is 0 Å². The molecule has 0 spiro atoms. The number of para-hydroxylation sites is 3. The number of hydrogen-bond acceptors (Lipinski definition) is 5. The highest BCUT2D eigenvalue weighted by Gasteiger charge is 2.34. The second-order valence-corrected chi connectivity index (χ2v) is 32.8. The summed E-state index contributed by atoms with van der Waals surface area (Å²) in [6, 6.07) is 68.5. The van der Waals surface area contributed by atoms with E-state index >= 15 is 0 Å². The van der Waals surface area contributed by atoms with Crippen molar-refractivity contribution in [1.29, 1.82) is 0 Å². The summed E-state index contributed by atoms with van der Waals surface area (Å²) in [5.41, 5.74) is 22.1. The number of rotatable bonds is 10. The number of thiophene rings is 1. The molecule has 0 N–H and O–H groups in total. The molecule has 0 radical (unpaired) electrons. The number of anilines is 4. The van der Waals surface area contributed by atoms with Gasteiger partial charge in [-0.25, -0.2) is 4.98 Å². The van der Waals surface area contributed by atoms with Crippen LogP contribution in [0.2, 0.25) is 0 Å². The van der Waals surface area contributed by atoms with Crippen molar-refractivity contribution in [3.63, 3.8) is 0 Å². The van der Waals surface area contributed by atoms with Crippen molar-refractivity contribution in [3.05, 3.63) is 227 Å². The van der Waals surface area contributed by atoms with Gasteiger partial charge in [0.1, 0.15) is 24.0 Å². The monoisotopic (exact) mass is 1230 g/mol. The Morgan fingerprint density at radius 1 is 0.446 bits per heavy atom. The predicted molar refractivity (Wildman–Crippen MR) is 398 cm³/mol. The van der Waals surface area contributed by atoms with Crippen LogP contribution in [0.4, 0.5) is 22.7 Å². The SMILES string of the molecule is [2H]c1cc(C(C)(C)C)cc(-n2c3cc(Oc4cc(-c5c(C(C)C)cccc5C(C)C)cc(N5CN(c6c(-c7cc(C(C)(C)C)cc(C(C)(C)C)c7)cccc6-c6cc(C(C)(C)C)cc(C(C)(C)C)c6)c6ccccc65)c4)ccc3c3c4sc5ccccc5c4ccc32)n1. The first-order valence-electron chi connectivity index (χ1n) is 33.7. The van der Waals surface area contributed by atoms with Gasteiger partial charge in [-0.3, -0.25) is 4.57 Å². The van der Waals surface area contributed by atoms with Crippen LogP contribution in [0, 0.1) is 0 Å². The fourth-order valence-electron chi connectivity index (χ4n) is 13.7. The molecule has 1 aliphatic rings. The molecule has 6 heteroatoms. The van der Waals surface area contributed by atoms with Crippen LogP contribution in [0.15, 0.2) is 188 Å². The van der Waals surface area contributed by atoms with E-state index in [1.165, 1.54) is 92.4 Å². The second kappa shape index (κ2) is 22.7. The van der Waals surface area contributed by atoms with E-state index < -0.39 is 0 Å². The van der Waals surface area contributed by atoms with Crippen molar-refractivity contribution >= 4 is 76.1 Å². The highest BCUT2D eigenvalue weighted by Crippen LogP contribution is 2.54. The number of hydrogen-bond donors (Lipinski definition) is 0. The zero-order valence-electron chi connectivity index (χ0n) is 58.8. The third kappa shape index (κ3) is 11.4. The molecule has 0 saturated heterocycles. The summed E-state index contributed by atoms with van der Waals surface area (Å²) in [6.07, 6.45) is 0.241. The van der Waals surface area contributed by atoms with Crippen LogP contribution in [0.3, 0.4) is 0 Å². The topological polar surface area (TPSA) is 33.5 Å². The van der Waals surface area contributed by atoms with E-state index in [2.05, 4.69) is 322 Å². The van der Waals surface area contributed by atoms with Crippen molar-refractivity contribution in [2.24, 2.45) is 0 Å². The molecule has 3 aromatic heterocycles. The highest BCUT2D eigenvalue weighted by molar-refractivity contribution is 7.26. The van der Waals surface area contributed by atoms with Gasteiger partial charge < -0.3 is 14.5 Å². The Balaban J connectivity index is 1.04. The molecule has 13 rings (SSSR count). The molecule has 0 fully saturated rings. The van der Waals surface area contributed by atoms with E-state index in [1.807, 2.05) is 17.4 Å². The van der Waals surface area contributed by atoms with Crippen LogP contribution in [0.1, 0.15) is 184 Å². The maximum atomic E-state index is 9.10. The maximum Gasteiger partial charge on any atom is 0.137 e. The zero-order valence-corrected chi connectivity index (χ0v) is 58.6. The van der Waals surface area contributed by atoms with Gasteiger partial charge in [0.2, 0.25) is 0 Å². The third-order valence-electron chi connectivity index (χ3n) is 19.1. The molecule has 5 nitrogen and oxygen atoms in total. The van der Waals surface area contributed by atoms with Crippen LogP contribution in [0.25, 0.3) is 81.2 Å². The summed E-state index contributed by atoms with van der Waals surface area (Å²) in [5, 5.41) is 4.78. The number of benzene rings is 9. The first kappa shape index (κ1) is 61.1. The van der Waals surface area contributed by atoms with E-state index in [4.69, 9.17) is 11.1 Å². The molecule has 0 atom stereocenters. The summed E-state index contributed by atoms with van der Waals surface area (Å²) in [4.78, 5) is 10.1. The van der Waals surface area contributed by atoms with Gasteiger partial charge in [0.05, 0.1) is 29.5 Å². The van der Waals surface area contributed by atoms with Gasteiger partial charge in [-0.05, 0) is 161 Å². The molecule has 92 heavy (non-hydrogen) atoms. The molecular formula is C86H92N4OS. The number of pyridine rings is 1. The Bertz CT molecular complexity index is 4740. The minimum absolute atomic E-state index is 0.0833. The zero-order chi connectivity index (χ0) is 66.2. The fourth-order valence-corrected chi connectivity index (χ4v) is 14.9. The van der Waals surface area contributed by atoms with Crippen LogP contribution in [-0.4, -0.2) is 16.2 Å². The lowest BCUT2D eigenvalue weighted by Crippen LogP contribution is -2.25. The van der Waals surface area contributed by atoms with E-state index in [-0.39, 0.29) is 45.1 Å². The lowest BCUT2D eigenvalue weighted by atomic mass is 9.77. The number of ether oxygens (including phenoxy) is 1. The van der Waals surface area contributed by atoms with Gasteiger partial charge in [-0.1, -0.05) is 241 Å². The van der Waals surface area contributed by atoms with E-state index in [0.717, 1.165) is 56.2 Å². The molecule has 1 aliphatic heterocycles. The third-order valence-corrected chi connectivity index (χ3v) is 20.3. The quantitative estimate of drug-likeness (QED) is 0.137. The van der Waals surface area contributed by atoms with Gasteiger partial charge in [-0.15, -0.1) is 11.3 Å². The lowest BCUT2D eigenvalue weighted by molar-refractivity contribution is 0.483. The summed E-state index contributed by atoms with van der Waals surface area (Å²) < 4.78 is 21.3. The molecule has 4 heterocycles. The molecule has 0 bridgehead atoms. The molecule has 468 valence electrons. The van der Waals surface area contributed by atoms with Gasteiger partial charge in [-0.2, -0.15) is 0 Å². The standard InChI is InChI=1S/C86H92N4OS/c1-52(2)65-27-24-28-66(53(3)4)78(65)56-44-62(49-64(45-56)91-63-34-35-71-75(50-63)90(77-48-57(38-39-87-77)82(5,6)7)74-37-36-70-69-26-20-23-33-76(69)92-81(70)79(71)74)88-51-89(73-32-22-21-31-72(73)88)80-67(54-40-58(83(8,9)10)46-59(41-54)84(11,12)13)29-25-30-68(80)55-42-60(85(14,15)16)47-61(43-55)86(17,18)19/h20-50,52-53H,51H2,1-19H3/i39D. The van der Waals surface area contributed by atoms with Crippen LogP contribution < -0.4 is 14.5 Å². The Morgan fingerprint density at radius 3 is 1.54 bits per heavy atom. The molecule has 0 aliphatic carbocycles. The van der Waals surface area contributed by atoms with Crippen LogP contribution >= 0.6 is 11.3 Å². The van der Waals surface area contributed by atoms with E-state index in [0.29, 0.717) is 12.4 Å². The molecule has 12 aromatic rings. The summed E-state index contributed by atoms with van der Waals surface area (Å²) in [5.74, 6) is 2.70. The minimum Gasteiger partial charge on any atom is -0.457 e. The fraction of sp³-hybridized carbons (Fsp3) is 0.314. The summed E-state index contributed by atoms with van der Waals surface area (Å²) >= 11 is 1.84.